The fourth-order valence-electron chi connectivity index (χ4n) is 6.04. The van der Waals surface area contributed by atoms with Crippen molar-refractivity contribution in [1.82, 2.24) is 0 Å². The molecule has 0 amide bonds. The van der Waals surface area contributed by atoms with Crippen LogP contribution in [-0.4, -0.2) is 35.4 Å². The average Bonchev–Trinajstić information content (AvgIpc) is 2.84. The molecule has 0 aliphatic heterocycles. The van der Waals surface area contributed by atoms with Crippen LogP contribution in [0.5, 0.6) is 0 Å². The first-order valence-electron chi connectivity index (χ1n) is 13.4. The van der Waals surface area contributed by atoms with Gasteiger partial charge in [-0.05, 0) is 0 Å². The van der Waals surface area contributed by atoms with Gasteiger partial charge in [-0.25, -0.2) is 0 Å². The third-order valence-electron chi connectivity index (χ3n) is 8.52. The van der Waals surface area contributed by atoms with Gasteiger partial charge in [-0.1, -0.05) is 0 Å². The predicted molar refractivity (Wildman–Crippen MR) is 150 cm³/mol. The molecule has 34 heavy (non-hydrogen) atoms. The summed E-state index contributed by atoms with van der Waals surface area (Å²) >= 11 is 4.95. The molecule has 3 rings (SSSR count). The molecule has 3 aromatic carbocycles. The topological polar surface area (TPSA) is 0 Å². The van der Waals surface area contributed by atoms with Gasteiger partial charge in [-0.15, -0.1) is 0 Å². The molecule has 0 fully saturated rings. The second-order valence-electron chi connectivity index (χ2n) is 11.3. The minimum atomic E-state index is -0.0141. The van der Waals surface area contributed by atoms with Gasteiger partial charge in [0.2, 0.25) is 0 Å². The first kappa shape index (κ1) is 27.4. The molecule has 0 nitrogen and oxygen atoms in total. The standard InChI is InChI=1S/C32H40.2Li/c1-7-23(3)20-31(29-18-11-9-14-25(29)5)27-16-13-17-28(22-27)32(21-24(4)8-2)30-19-12-10-15-26(30)6;;/h9-19,22-24H,7-8,20-21H2,1-6H3;;. The molecule has 0 bridgehead atoms. The van der Waals surface area contributed by atoms with Gasteiger partial charge in [0.1, 0.15) is 0 Å². The number of benzene rings is 3. The number of hydrogen-bond donors (Lipinski definition) is 0. The molecular formula is C32H40Li2. The van der Waals surface area contributed by atoms with Crippen molar-refractivity contribution in [3.05, 3.63) is 106 Å². The van der Waals surface area contributed by atoms with E-state index in [1.54, 1.807) is 0 Å². The number of hydrogen-bond acceptors (Lipinski definition) is 0. The Labute approximate surface area is 227 Å². The normalized spacial score (nSPS) is 17.0. The van der Waals surface area contributed by atoms with Gasteiger partial charge >= 0.3 is 229 Å². The zero-order valence-electron chi connectivity index (χ0n) is 22.9. The molecule has 0 heterocycles. The molecule has 4 unspecified atom stereocenters. The summed E-state index contributed by atoms with van der Waals surface area (Å²) < 4.78 is -0.0282. The van der Waals surface area contributed by atoms with Gasteiger partial charge < -0.3 is 0 Å². The summed E-state index contributed by atoms with van der Waals surface area (Å²) in [4.78, 5) is 0. The van der Waals surface area contributed by atoms with Crippen LogP contribution in [-0.2, 0) is 8.18 Å². The zero-order valence-corrected chi connectivity index (χ0v) is 22.9. The van der Waals surface area contributed by atoms with Crippen molar-refractivity contribution in [2.75, 3.05) is 0 Å². The van der Waals surface area contributed by atoms with E-state index in [-0.39, 0.29) is 8.18 Å². The van der Waals surface area contributed by atoms with E-state index in [4.69, 9.17) is 0 Å². The summed E-state index contributed by atoms with van der Waals surface area (Å²) in [6.07, 6.45) is 4.72. The fourth-order valence-corrected chi connectivity index (χ4v) is 6.04. The Hall–Kier alpha value is -1.15. The van der Waals surface area contributed by atoms with Crippen LogP contribution in [0.1, 0.15) is 86.8 Å². The molecule has 0 saturated carbocycles. The Morgan fingerprint density at radius 1 is 0.618 bits per heavy atom. The van der Waals surface area contributed by atoms with Crippen LogP contribution in [0.4, 0.5) is 0 Å². The molecule has 0 spiro atoms. The van der Waals surface area contributed by atoms with Crippen LogP contribution in [0, 0.1) is 25.7 Å². The molecule has 0 N–H and O–H groups in total. The van der Waals surface area contributed by atoms with Crippen molar-refractivity contribution in [2.24, 2.45) is 11.8 Å². The fraction of sp³-hybridized carbons (Fsp3) is 0.438. The van der Waals surface area contributed by atoms with Crippen LogP contribution in [0.3, 0.4) is 0 Å². The molecule has 0 aliphatic rings. The van der Waals surface area contributed by atoms with E-state index in [9.17, 15) is 0 Å². The number of rotatable bonds is 10. The van der Waals surface area contributed by atoms with E-state index >= 15 is 0 Å². The van der Waals surface area contributed by atoms with Crippen LogP contribution in [0.15, 0.2) is 72.8 Å². The maximum absolute atomic E-state index is 2.55. The van der Waals surface area contributed by atoms with E-state index in [0.29, 0.717) is 11.8 Å². The van der Waals surface area contributed by atoms with Crippen LogP contribution >= 0.6 is 0 Å². The van der Waals surface area contributed by atoms with E-state index < -0.39 is 0 Å². The van der Waals surface area contributed by atoms with Crippen molar-refractivity contribution >= 4 is 35.4 Å². The summed E-state index contributed by atoms with van der Waals surface area (Å²) in [5.41, 5.74) is 8.60. The third-order valence-corrected chi connectivity index (χ3v) is 8.52. The van der Waals surface area contributed by atoms with Crippen molar-refractivity contribution in [2.45, 2.75) is 75.4 Å². The van der Waals surface area contributed by atoms with Gasteiger partial charge in [-0.2, -0.15) is 0 Å². The quantitative estimate of drug-likeness (QED) is 0.281. The van der Waals surface area contributed by atoms with E-state index in [1.807, 2.05) is 0 Å². The monoisotopic (exact) mass is 438 g/mol. The van der Waals surface area contributed by atoms with Gasteiger partial charge in [0.25, 0.3) is 0 Å². The Morgan fingerprint density at radius 3 is 1.35 bits per heavy atom. The summed E-state index contributed by atoms with van der Waals surface area (Å²) in [5.74, 6) is 1.33. The first-order valence-corrected chi connectivity index (χ1v) is 13.4. The molecular weight excluding hydrogens is 398 g/mol. The summed E-state index contributed by atoms with van der Waals surface area (Å²) in [5, 5.41) is 0. The average molecular weight is 439 g/mol. The van der Waals surface area contributed by atoms with Crippen LogP contribution < -0.4 is 0 Å². The first-order chi connectivity index (χ1) is 16.2. The van der Waals surface area contributed by atoms with Crippen molar-refractivity contribution in [1.29, 1.82) is 0 Å². The van der Waals surface area contributed by atoms with Gasteiger partial charge in [0.15, 0.2) is 0 Å². The molecule has 0 radical (unpaired) electrons. The van der Waals surface area contributed by atoms with Gasteiger partial charge in [0.05, 0.1) is 0 Å². The molecule has 0 aromatic heterocycles. The second-order valence-corrected chi connectivity index (χ2v) is 11.3. The minimum absolute atomic E-state index is 0.0141. The Bertz CT molecular complexity index is 1000. The summed E-state index contributed by atoms with van der Waals surface area (Å²) in [6, 6.07) is 27.6. The molecule has 0 saturated heterocycles. The van der Waals surface area contributed by atoms with Gasteiger partial charge in [0, 0.05) is 0 Å². The summed E-state index contributed by atoms with van der Waals surface area (Å²) in [7, 11) is 0. The number of aryl methyl sites for hydroxylation is 2. The van der Waals surface area contributed by atoms with E-state index in [2.05, 4.69) is 150 Å². The van der Waals surface area contributed by atoms with Crippen LogP contribution in [0.25, 0.3) is 0 Å². The Balaban J connectivity index is 2.21. The summed E-state index contributed by atoms with van der Waals surface area (Å²) in [6.45, 7) is 14.0. The molecule has 4 atom stereocenters. The van der Waals surface area contributed by atoms with Gasteiger partial charge in [-0.3, -0.25) is 0 Å². The second kappa shape index (κ2) is 11.7. The van der Waals surface area contributed by atoms with Crippen LogP contribution in [0.2, 0.25) is 0 Å². The van der Waals surface area contributed by atoms with E-state index in [1.165, 1.54) is 46.2 Å². The van der Waals surface area contributed by atoms with Crippen molar-refractivity contribution in [3.8, 4) is 0 Å². The SMILES string of the molecule is [Li][C](CC(C)CC)(c1cccc([C]([Li])(CC(C)CC)c2ccccc2C)c1)c1ccccc1C. The molecule has 2 heteroatoms. The maximum atomic E-state index is 2.55. The zero-order chi connectivity index (χ0) is 24.9. The molecule has 0 aliphatic carbocycles. The van der Waals surface area contributed by atoms with E-state index in [0.717, 1.165) is 12.8 Å². The van der Waals surface area contributed by atoms with Crippen molar-refractivity contribution in [3.63, 3.8) is 0 Å². The molecule has 170 valence electrons. The third kappa shape index (κ3) is 5.80. The molecule has 3 aromatic rings. The Kier molecular flexibility index (Phi) is 9.46. The Morgan fingerprint density at radius 2 is 1.00 bits per heavy atom. The van der Waals surface area contributed by atoms with Crippen molar-refractivity contribution < 1.29 is 0 Å². The predicted octanol–water partition coefficient (Wildman–Crippen LogP) is 8.00.